The first-order valence-corrected chi connectivity index (χ1v) is 7.50. The van der Waals surface area contributed by atoms with Crippen LogP contribution in [0.3, 0.4) is 0 Å². The second kappa shape index (κ2) is 7.70. The first-order valence-electron chi connectivity index (χ1n) is 7.50. The number of hydrogen-bond donors (Lipinski definition) is 2. The zero-order valence-corrected chi connectivity index (χ0v) is 12.3. The van der Waals surface area contributed by atoms with Gasteiger partial charge >= 0.3 is 0 Å². The van der Waals surface area contributed by atoms with E-state index in [0.717, 1.165) is 31.6 Å². The van der Waals surface area contributed by atoms with Crippen LogP contribution in [-0.2, 0) is 4.74 Å². The van der Waals surface area contributed by atoms with Crippen molar-refractivity contribution in [3.05, 3.63) is 0 Å². The highest BCUT2D eigenvalue weighted by molar-refractivity contribution is 5.80. The van der Waals surface area contributed by atoms with Crippen molar-refractivity contribution in [3.63, 3.8) is 0 Å². The Morgan fingerprint density at radius 3 is 2.58 bits per heavy atom. The van der Waals surface area contributed by atoms with Crippen LogP contribution in [0.5, 0.6) is 0 Å². The summed E-state index contributed by atoms with van der Waals surface area (Å²) in [5.41, 5.74) is 0. The topological polar surface area (TPSA) is 48.9 Å². The normalized spacial score (nSPS) is 22.5. The second-order valence-corrected chi connectivity index (χ2v) is 5.65. The molecule has 0 aromatic carbocycles. The number of rotatable bonds is 6. The summed E-state index contributed by atoms with van der Waals surface area (Å²) in [6, 6.07) is 0.669. The lowest BCUT2D eigenvalue weighted by Crippen LogP contribution is -2.43. The van der Waals surface area contributed by atoms with Crippen molar-refractivity contribution in [1.82, 2.24) is 15.5 Å². The van der Waals surface area contributed by atoms with E-state index >= 15 is 0 Å². The lowest BCUT2D eigenvalue weighted by molar-refractivity contribution is 0.121. The number of ether oxygens (including phenoxy) is 1. The standard InChI is InChI=1S/C14H28N4O/c1-15-14(17-13-3-4-13)16-11-12-5-7-18(8-6-12)9-10-19-2/h12-13H,3-11H2,1-2H3,(H2,15,16,17). The van der Waals surface area contributed by atoms with Crippen LogP contribution in [0.2, 0.25) is 0 Å². The monoisotopic (exact) mass is 268 g/mol. The second-order valence-electron chi connectivity index (χ2n) is 5.65. The van der Waals surface area contributed by atoms with Gasteiger partial charge in [-0.15, -0.1) is 0 Å². The predicted octanol–water partition coefficient (Wildman–Crippen LogP) is 0.672. The molecule has 1 aliphatic carbocycles. The number of guanidine groups is 1. The molecule has 0 amide bonds. The molecule has 1 heterocycles. The summed E-state index contributed by atoms with van der Waals surface area (Å²) < 4.78 is 5.13. The van der Waals surface area contributed by atoms with Gasteiger partial charge in [0.1, 0.15) is 0 Å². The Hall–Kier alpha value is -0.810. The Kier molecular flexibility index (Phi) is 5.92. The highest BCUT2D eigenvalue weighted by Gasteiger charge is 2.23. The summed E-state index contributed by atoms with van der Waals surface area (Å²) in [4.78, 5) is 6.77. The zero-order chi connectivity index (χ0) is 13.5. The van der Waals surface area contributed by atoms with E-state index in [1.165, 1.54) is 38.8 Å². The van der Waals surface area contributed by atoms with Crippen LogP contribution in [0.4, 0.5) is 0 Å². The maximum absolute atomic E-state index is 5.13. The van der Waals surface area contributed by atoms with E-state index in [4.69, 9.17) is 4.74 Å². The molecule has 0 bridgehead atoms. The average molecular weight is 268 g/mol. The maximum Gasteiger partial charge on any atom is 0.191 e. The fraction of sp³-hybridized carbons (Fsp3) is 0.929. The zero-order valence-electron chi connectivity index (χ0n) is 12.3. The molecule has 0 atom stereocenters. The Balaban J connectivity index is 1.59. The van der Waals surface area contributed by atoms with E-state index in [1.54, 1.807) is 7.11 Å². The largest absolute Gasteiger partial charge is 0.383 e. The Morgan fingerprint density at radius 2 is 2.00 bits per heavy atom. The Labute approximate surface area is 116 Å². The van der Waals surface area contributed by atoms with Crippen molar-refractivity contribution in [1.29, 1.82) is 0 Å². The summed E-state index contributed by atoms with van der Waals surface area (Å²) in [5.74, 6) is 1.75. The number of methoxy groups -OCH3 is 1. The van der Waals surface area contributed by atoms with Gasteiger partial charge in [-0.2, -0.15) is 0 Å². The smallest absolute Gasteiger partial charge is 0.191 e. The van der Waals surface area contributed by atoms with Crippen molar-refractivity contribution in [3.8, 4) is 0 Å². The maximum atomic E-state index is 5.13. The van der Waals surface area contributed by atoms with Crippen LogP contribution in [0.1, 0.15) is 25.7 Å². The number of aliphatic imine (C=N–C) groups is 1. The van der Waals surface area contributed by atoms with Gasteiger partial charge in [0.25, 0.3) is 0 Å². The molecule has 2 aliphatic rings. The van der Waals surface area contributed by atoms with Crippen molar-refractivity contribution in [2.45, 2.75) is 31.7 Å². The molecule has 110 valence electrons. The SMILES string of the molecule is CN=C(NCC1CCN(CCOC)CC1)NC1CC1. The fourth-order valence-electron chi connectivity index (χ4n) is 2.49. The van der Waals surface area contributed by atoms with Gasteiger partial charge in [-0.05, 0) is 44.7 Å². The molecule has 0 aromatic heterocycles. The number of nitrogens with zero attached hydrogens (tertiary/aromatic N) is 2. The molecule has 2 rings (SSSR count). The van der Waals surface area contributed by atoms with Gasteiger partial charge in [-0.25, -0.2) is 0 Å². The van der Waals surface area contributed by atoms with Crippen molar-refractivity contribution >= 4 is 5.96 Å². The lowest BCUT2D eigenvalue weighted by Gasteiger charge is -2.32. The minimum Gasteiger partial charge on any atom is -0.383 e. The van der Waals surface area contributed by atoms with Crippen LogP contribution in [-0.4, -0.2) is 63.8 Å². The van der Waals surface area contributed by atoms with Crippen LogP contribution in [0, 0.1) is 5.92 Å². The number of nitrogens with one attached hydrogen (secondary N) is 2. The highest BCUT2D eigenvalue weighted by atomic mass is 16.5. The van der Waals surface area contributed by atoms with E-state index in [0.29, 0.717) is 6.04 Å². The summed E-state index contributed by atoms with van der Waals surface area (Å²) in [6.07, 6.45) is 5.13. The summed E-state index contributed by atoms with van der Waals surface area (Å²) in [6.45, 7) is 5.36. The van der Waals surface area contributed by atoms with Gasteiger partial charge in [-0.3, -0.25) is 4.99 Å². The van der Waals surface area contributed by atoms with Crippen molar-refractivity contribution in [2.24, 2.45) is 10.9 Å². The molecule has 0 radical (unpaired) electrons. The van der Waals surface area contributed by atoms with E-state index in [-0.39, 0.29) is 0 Å². The van der Waals surface area contributed by atoms with E-state index in [2.05, 4.69) is 20.5 Å². The minimum absolute atomic E-state index is 0.669. The molecular formula is C14H28N4O. The molecule has 0 spiro atoms. The van der Waals surface area contributed by atoms with Gasteiger partial charge in [0.2, 0.25) is 0 Å². The van der Waals surface area contributed by atoms with Gasteiger partial charge in [-0.1, -0.05) is 0 Å². The van der Waals surface area contributed by atoms with Crippen molar-refractivity contribution in [2.75, 3.05) is 46.9 Å². The molecule has 19 heavy (non-hydrogen) atoms. The number of hydrogen-bond acceptors (Lipinski definition) is 3. The third-order valence-electron chi connectivity index (χ3n) is 4.02. The highest BCUT2D eigenvalue weighted by Crippen LogP contribution is 2.19. The number of piperidine rings is 1. The van der Waals surface area contributed by atoms with E-state index in [1.807, 2.05) is 7.05 Å². The molecule has 2 N–H and O–H groups in total. The molecule has 0 aromatic rings. The minimum atomic E-state index is 0.669. The van der Waals surface area contributed by atoms with Crippen LogP contribution in [0.25, 0.3) is 0 Å². The van der Waals surface area contributed by atoms with Gasteiger partial charge in [0.05, 0.1) is 6.61 Å². The quantitative estimate of drug-likeness (QED) is 0.549. The molecule has 1 saturated carbocycles. The van der Waals surface area contributed by atoms with Crippen molar-refractivity contribution < 1.29 is 4.74 Å². The summed E-state index contributed by atoms with van der Waals surface area (Å²) >= 11 is 0. The van der Waals surface area contributed by atoms with E-state index < -0.39 is 0 Å². The van der Waals surface area contributed by atoms with Gasteiger partial charge in [0.15, 0.2) is 5.96 Å². The molecule has 5 heteroatoms. The Morgan fingerprint density at radius 1 is 1.26 bits per heavy atom. The van der Waals surface area contributed by atoms with Crippen LogP contribution >= 0.6 is 0 Å². The molecule has 2 fully saturated rings. The lowest BCUT2D eigenvalue weighted by atomic mass is 9.97. The molecule has 5 nitrogen and oxygen atoms in total. The van der Waals surface area contributed by atoms with Crippen LogP contribution in [0.15, 0.2) is 4.99 Å². The molecule has 1 saturated heterocycles. The Bertz CT molecular complexity index is 283. The van der Waals surface area contributed by atoms with Gasteiger partial charge in [0, 0.05) is 33.3 Å². The predicted molar refractivity (Wildman–Crippen MR) is 78.6 cm³/mol. The molecule has 0 unspecified atom stereocenters. The van der Waals surface area contributed by atoms with Crippen LogP contribution < -0.4 is 10.6 Å². The third kappa shape index (κ3) is 5.37. The first-order chi connectivity index (χ1) is 9.31. The summed E-state index contributed by atoms with van der Waals surface area (Å²) in [5, 5.41) is 6.89. The third-order valence-corrected chi connectivity index (χ3v) is 4.02. The van der Waals surface area contributed by atoms with Gasteiger partial charge < -0.3 is 20.3 Å². The average Bonchev–Trinajstić information content (AvgIpc) is 3.26. The molecule has 1 aliphatic heterocycles. The first kappa shape index (κ1) is 14.6. The number of likely N-dealkylation sites (tertiary alicyclic amines) is 1. The summed E-state index contributed by atoms with van der Waals surface area (Å²) in [7, 11) is 3.63. The molecular weight excluding hydrogens is 240 g/mol. The fourth-order valence-corrected chi connectivity index (χ4v) is 2.49. The van der Waals surface area contributed by atoms with E-state index in [9.17, 15) is 0 Å².